The van der Waals surface area contributed by atoms with Crippen LogP contribution in [0.1, 0.15) is 23.2 Å². The third-order valence-corrected chi connectivity index (χ3v) is 4.46. The molecule has 3 aromatic rings. The molecule has 3 heterocycles. The van der Waals surface area contributed by atoms with Crippen LogP contribution >= 0.6 is 0 Å². The van der Waals surface area contributed by atoms with Gasteiger partial charge in [-0.2, -0.15) is 0 Å². The summed E-state index contributed by atoms with van der Waals surface area (Å²) in [5.41, 5.74) is 9.79. The molecule has 4 rings (SSSR count). The van der Waals surface area contributed by atoms with Crippen LogP contribution in [0.5, 0.6) is 0 Å². The summed E-state index contributed by atoms with van der Waals surface area (Å²) in [6, 6.07) is 10.1. The summed E-state index contributed by atoms with van der Waals surface area (Å²) in [6.45, 7) is 2.17. The molecule has 0 atom stereocenters. The molecule has 0 spiro atoms. The number of amides is 1. The molecule has 1 aromatic carbocycles. The number of rotatable bonds is 3. The molecule has 1 amide bonds. The van der Waals surface area contributed by atoms with Crippen LogP contribution in [0.25, 0.3) is 22.2 Å². The number of hydrogen-bond acceptors (Lipinski definition) is 3. The Labute approximate surface area is 134 Å². The number of nitrogens with one attached hydrogen (secondary N) is 1. The third-order valence-electron chi connectivity index (χ3n) is 4.46. The van der Waals surface area contributed by atoms with Gasteiger partial charge in [0, 0.05) is 42.1 Å². The van der Waals surface area contributed by atoms with E-state index in [1.807, 2.05) is 18.2 Å². The number of benzene rings is 1. The molecule has 0 bridgehead atoms. The van der Waals surface area contributed by atoms with Gasteiger partial charge in [-0.15, -0.1) is 0 Å². The fourth-order valence-corrected chi connectivity index (χ4v) is 3.34. The van der Waals surface area contributed by atoms with Gasteiger partial charge < -0.3 is 15.6 Å². The summed E-state index contributed by atoms with van der Waals surface area (Å²) in [5.74, 6) is -0.432. The SMILES string of the molecule is NC(=O)c1c(-c2cccc(N3CCCC3)c2)cnc2[nH]ccc12. The highest BCUT2D eigenvalue weighted by atomic mass is 16.1. The van der Waals surface area contributed by atoms with Gasteiger partial charge in [-0.1, -0.05) is 12.1 Å². The predicted molar refractivity (Wildman–Crippen MR) is 91.5 cm³/mol. The van der Waals surface area contributed by atoms with E-state index in [-0.39, 0.29) is 0 Å². The Bertz CT molecular complexity index is 878. The molecule has 1 aliphatic heterocycles. The molecule has 2 aromatic heterocycles. The van der Waals surface area contributed by atoms with Crippen LogP contribution in [-0.4, -0.2) is 29.0 Å². The van der Waals surface area contributed by atoms with Crippen molar-refractivity contribution in [3.63, 3.8) is 0 Å². The predicted octanol–water partition coefficient (Wildman–Crippen LogP) is 2.93. The summed E-state index contributed by atoms with van der Waals surface area (Å²) >= 11 is 0. The molecule has 5 nitrogen and oxygen atoms in total. The number of hydrogen-bond donors (Lipinski definition) is 2. The van der Waals surface area contributed by atoms with Crippen molar-refractivity contribution < 1.29 is 4.79 Å². The van der Waals surface area contributed by atoms with E-state index in [0.29, 0.717) is 11.2 Å². The zero-order chi connectivity index (χ0) is 15.8. The third kappa shape index (κ3) is 2.34. The highest BCUT2D eigenvalue weighted by Gasteiger charge is 2.18. The van der Waals surface area contributed by atoms with E-state index in [1.165, 1.54) is 18.5 Å². The molecule has 23 heavy (non-hydrogen) atoms. The lowest BCUT2D eigenvalue weighted by molar-refractivity contribution is 0.100. The van der Waals surface area contributed by atoms with Crippen molar-refractivity contribution in [1.82, 2.24) is 9.97 Å². The molecular formula is C18H18N4O. The Kier molecular flexibility index (Phi) is 3.26. The van der Waals surface area contributed by atoms with Gasteiger partial charge in [0.2, 0.25) is 5.91 Å². The Morgan fingerprint density at radius 3 is 2.83 bits per heavy atom. The highest BCUT2D eigenvalue weighted by molar-refractivity contribution is 6.10. The first-order valence-corrected chi connectivity index (χ1v) is 7.85. The number of nitrogens with zero attached hydrogens (tertiary/aromatic N) is 2. The standard InChI is InChI=1S/C18H18N4O/c19-17(23)16-14-6-7-20-18(14)21-11-15(16)12-4-3-5-13(10-12)22-8-1-2-9-22/h3-7,10-11H,1-2,8-9H2,(H2,19,23)(H,20,21). The molecule has 3 N–H and O–H groups in total. The molecule has 1 fully saturated rings. The minimum atomic E-state index is -0.432. The lowest BCUT2D eigenvalue weighted by atomic mass is 9.98. The minimum absolute atomic E-state index is 0.432. The lowest BCUT2D eigenvalue weighted by Crippen LogP contribution is -2.17. The molecule has 1 aliphatic rings. The summed E-state index contributed by atoms with van der Waals surface area (Å²) in [5, 5.41) is 0.765. The zero-order valence-corrected chi connectivity index (χ0v) is 12.7. The quantitative estimate of drug-likeness (QED) is 0.781. The number of fused-ring (bicyclic) bond motifs is 1. The maximum Gasteiger partial charge on any atom is 0.250 e. The van der Waals surface area contributed by atoms with Crippen LogP contribution in [0.3, 0.4) is 0 Å². The lowest BCUT2D eigenvalue weighted by Gasteiger charge is -2.18. The second-order valence-electron chi connectivity index (χ2n) is 5.90. The van der Waals surface area contributed by atoms with Gasteiger partial charge >= 0.3 is 0 Å². The Morgan fingerprint density at radius 2 is 2.04 bits per heavy atom. The van der Waals surface area contributed by atoms with Gasteiger partial charge in [-0.05, 0) is 36.6 Å². The maximum absolute atomic E-state index is 12.0. The van der Waals surface area contributed by atoms with Gasteiger partial charge in [0.1, 0.15) is 5.65 Å². The normalized spacial score (nSPS) is 14.5. The van der Waals surface area contributed by atoms with E-state index in [1.54, 1.807) is 12.4 Å². The summed E-state index contributed by atoms with van der Waals surface area (Å²) < 4.78 is 0. The van der Waals surface area contributed by atoms with E-state index in [9.17, 15) is 4.79 Å². The van der Waals surface area contributed by atoms with Crippen LogP contribution in [0.2, 0.25) is 0 Å². The maximum atomic E-state index is 12.0. The van der Waals surface area contributed by atoms with Crippen molar-refractivity contribution in [1.29, 1.82) is 0 Å². The highest BCUT2D eigenvalue weighted by Crippen LogP contribution is 2.31. The van der Waals surface area contributed by atoms with Gasteiger partial charge in [0.15, 0.2) is 0 Å². The largest absolute Gasteiger partial charge is 0.372 e. The molecule has 116 valence electrons. The number of carbonyl (C=O) groups excluding carboxylic acids is 1. The van der Waals surface area contributed by atoms with Gasteiger partial charge in [-0.25, -0.2) is 4.98 Å². The monoisotopic (exact) mass is 306 g/mol. The number of aromatic nitrogens is 2. The summed E-state index contributed by atoms with van der Waals surface area (Å²) in [6.07, 6.45) is 5.96. The average Bonchev–Trinajstić information content (AvgIpc) is 3.25. The van der Waals surface area contributed by atoms with Crippen LogP contribution in [0.15, 0.2) is 42.7 Å². The summed E-state index contributed by atoms with van der Waals surface area (Å²) in [4.78, 5) is 21.8. The zero-order valence-electron chi connectivity index (χ0n) is 12.7. The van der Waals surface area contributed by atoms with Crippen LogP contribution in [0.4, 0.5) is 5.69 Å². The number of pyridine rings is 1. The number of aromatic amines is 1. The van der Waals surface area contributed by atoms with Crippen molar-refractivity contribution in [2.45, 2.75) is 12.8 Å². The second kappa shape index (κ2) is 5.43. The van der Waals surface area contributed by atoms with Crippen molar-refractivity contribution in [3.05, 3.63) is 48.3 Å². The number of nitrogens with two attached hydrogens (primary N) is 1. The number of primary amides is 1. The van der Waals surface area contributed by atoms with E-state index in [0.717, 1.165) is 29.6 Å². The summed E-state index contributed by atoms with van der Waals surface area (Å²) in [7, 11) is 0. The number of anilines is 1. The fourth-order valence-electron chi connectivity index (χ4n) is 3.34. The molecule has 0 aliphatic carbocycles. The van der Waals surface area contributed by atoms with E-state index >= 15 is 0 Å². The first-order chi connectivity index (χ1) is 11.2. The molecule has 0 unspecified atom stereocenters. The Morgan fingerprint density at radius 1 is 1.22 bits per heavy atom. The molecule has 5 heteroatoms. The smallest absolute Gasteiger partial charge is 0.250 e. The van der Waals surface area contributed by atoms with Crippen LogP contribution in [0, 0.1) is 0 Å². The molecular weight excluding hydrogens is 288 g/mol. The molecule has 0 saturated carbocycles. The Hall–Kier alpha value is -2.82. The second-order valence-corrected chi connectivity index (χ2v) is 5.90. The van der Waals surface area contributed by atoms with Crippen molar-refractivity contribution in [3.8, 4) is 11.1 Å². The first-order valence-electron chi connectivity index (χ1n) is 7.85. The fraction of sp³-hybridized carbons (Fsp3) is 0.222. The van der Waals surface area contributed by atoms with E-state index in [2.05, 4.69) is 27.0 Å². The van der Waals surface area contributed by atoms with E-state index < -0.39 is 5.91 Å². The van der Waals surface area contributed by atoms with Crippen LogP contribution in [-0.2, 0) is 0 Å². The average molecular weight is 306 g/mol. The number of carbonyl (C=O) groups is 1. The van der Waals surface area contributed by atoms with Crippen LogP contribution < -0.4 is 10.6 Å². The van der Waals surface area contributed by atoms with Crippen molar-refractivity contribution in [2.75, 3.05) is 18.0 Å². The first kappa shape index (κ1) is 13.8. The molecule has 0 radical (unpaired) electrons. The van der Waals surface area contributed by atoms with Gasteiger partial charge in [0.05, 0.1) is 5.56 Å². The van der Waals surface area contributed by atoms with Crippen molar-refractivity contribution >= 4 is 22.6 Å². The van der Waals surface area contributed by atoms with Gasteiger partial charge in [-0.3, -0.25) is 4.79 Å². The van der Waals surface area contributed by atoms with Crippen molar-refractivity contribution in [2.24, 2.45) is 5.73 Å². The number of H-pyrrole nitrogens is 1. The topological polar surface area (TPSA) is 75.0 Å². The van der Waals surface area contributed by atoms with Gasteiger partial charge in [0.25, 0.3) is 0 Å². The molecule has 1 saturated heterocycles. The van der Waals surface area contributed by atoms with E-state index in [4.69, 9.17) is 5.73 Å². The Balaban J connectivity index is 1.87. The minimum Gasteiger partial charge on any atom is -0.372 e.